The van der Waals surface area contributed by atoms with Crippen LogP contribution in [0, 0.1) is 0 Å². The highest BCUT2D eigenvalue weighted by molar-refractivity contribution is 7.10. The third kappa shape index (κ3) is 4.49. The molecule has 124 valence electrons. The second-order valence-electron chi connectivity index (χ2n) is 6.00. The van der Waals surface area contributed by atoms with Gasteiger partial charge in [-0.05, 0) is 36.4 Å². The normalized spacial score (nSPS) is 16.3. The fourth-order valence-corrected chi connectivity index (χ4v) is 3.75. The summed E-state index contributed by atoms with van der Waals surface area (Å²) in [7, 11) is 0. The smallest absolute Gasteiger partial charge is 0.133 e. The summed E-state index contributed by atoms with van der Waals surface area (Å²) < 4.78 is 6.36. The Morgan fingerprint density at radius 1 is 1.22 bits per heavy atom. The van der Waals surface area contributed by atoms with Gasteiger partial charge in [-0.15, -0.1) is 11.3 Å². The van der Waals surface area contributed by atoms with Crippen LogP contribution in [-0.4, -0.2) is 26.2 Å². The summed E-state index contributed by atoms with van der Waals surface area (Å²) in [4.78, 5) is 3.75. The fourth-order valence-electron chi connectivity index (χ4n) is 2.96. The van der Waals surface area contributed by atoms with Crippen molar-refractivity contribution < 1.29 is 4.74 Å². The third-order valence-electron chi connectivity index (χ3n) is 4.26. The maximum absolute atomic E-state index is 6.36. The molecule has 1 aliphatic heterocycles. The molecule has 1 aromatic carbocycles. The number of benzene rings is 1. The van der Waals surface area contributed by atoms with Gasteiger partial charge in [0.1, 0.15) is 11.9 Å². The van der Waals surface area contributed by atoms with Gasteiger partial charge in [0.25, 0.3) is 0 Å². The van der Waals surface area contributed by atoms with Crippen LogP contribution in [0.1, 0.15) is 37.2 Å². The number of anilines is 1. The zero-order valence-corrected chi connectivity index (χ0v) is 14.6. The maximum atomic E-state index is 6.36. The highest BCUT2D eigenvalue weighted by atomic mass is 32.1. The van der Waals surface area contributed by atoms with E-state index < -0.39 is 0 Å². The van der Waals surface area contributed by atoms with Crippen LogP contribution in [0.2, 0.25) is 0 Å². The van der Waals surface area contributed by atoms with Crippen molar-refractivity contribution in [2.24, 2.45) is 0 Å². The van der Waals surface area contributed by atoms with E-state index in [2.05, 4.69) is 58.9 Å². The number of hydrogen-bond donors (Lipinski definition) is 1. The van der Waals surface area contributed by atoms with Crippen molar-refractivity contribution >= 4 is 17.0 Å². The summed E-state index contributed by atoms with van der Waals surface area (Å²) >= 11 is 1.79. The lowest BCUT2D eigenvalue weighted by molar-refractivity contribution is 0.195. The summed E-state index contributed by atoms with van der Waals surface area (Å²) in [5, 5.41) is 5.54. The molecule has 1 fully saturated rings. The Morgan fingerprint density at radius 3 is 2.83 bits per heavy atom. The summed E-state index contributed by atoms with van der Waals surface area (Å²) in [5.41, 5.74) is 1.27. The van der Waals surface area contributed by atoms with Gasteiger partial charge in [-0.2, -0.15) is 0 Å². The third-order valence-corrected chi connectivity index (χ3v) is 5.22. The van der Waals surface area contributed by atoms with E-state index in [1.807, 2.05) is 0 Å². The first-order chi connectivity index (χ1) is 11.4. The van der Waals surface area contributed by atoms with E-state index in [0.717, 1.165) is 38.3 Å². The predicted octanol–water partition coefficient (Wildman–Crippen LogP) is 4.47. The van der Waals surface area contributed by atoms with Gasteiger partial charge in [-0.3, -0.25) is 0 Å². The molecule has 0 radical (unpaired) electrons. The van der Waals surface area contributed by atoms with E-state index in [0.29, 0.717) is 0 Å². The van der Waals surface area contributed by atoms with E-state index in [4.69, 9.17) is 4.74 Å². The van der Waals surface area contributed by atoms with Gasteiger partial charge >= 0.3 is 0 Å². The molecule has 0 saturated carbocycles. The van der Waals surface area contributed by atoms with Crippen molar-refractivity contribution in [1.29, 1.82) is 0 Å². The van der Waals surface area contributed by atoms with Crippen LogP contribution in [0.4, 0.5) is 5.69 Å². The second-order valence-corrected chi connectivity index (χ2v) is 6.98. The quantitative estimate of drug-likeness (QED) is 0.811. The molecule has 2 aromatic rings. The summed E-state index contributed by atoms with van der Waals surface area (Å²) in [6.07, 6.45) is 3.65. The summed E-state index contributed by atoms with van der Waals surface area (Å²) in [5.74, 6) is 0.982. The standard InChI is InChI=1S/C19H26N2OS/c1-2-3-8-18(19-9-5-14-23-19)22-17-7-4-6-16(15-17)21-12-10-20-11-13-21/h4-7,9,14-15,18,20H,2-3,8,10-13H2,1H3. The number of thiophene rings is 1. The minimum atomic E-state index is 0.174. The van der Waals surface area contributed by atoms with E-state index in [1.165, 1.54) is 23.4 Å². The highest BCUT2D eigenvalue weighted by Crippen LogP contribution is 2.31. The van der Waals surface area contributed by atoms with Crippen molar-refractivity contribution in [3.63, 3.8) is 0 Å². The average Bonchev–Trinajstić information content (AvgIpc) is 3.14. The van der Waals surface area contributed by atoms with Crippen LogP contribution >= 0.6 is 11.3 Å². The van der Waals surface area contributed by atoms with Gasteiger partial charge < -0.3 is 15.0 Å². The molecule has 0 bridgehead atoms. The maximum Gasteiger partial charge on any atom is 0.133 e. The monoisotopic (exact) mass is 330 g/mol. The lowest BCUT2D eigenvalue weighted by Crippen LogP contribution is -2.43. The number of nitrogens with zero attached hydrogens (tertiary/aromatic N) is 1. The van der Waals surface area contributed by atoms with Gasteiger partial charge in [0.2, 0.25) is 0 Å². The van der Waals surface area contributed by atoms with E-state index in [-0.39, 0.29) is 6.10 Å². The van der Waals surface area contributed by atoms with Crippen molar-refractivity contribution in [3.8, 4) is 5.75 Å². The summed E-state index contributed by atoms with van der Waals surface area (Å²) in [6.45, 7) is 6.47. The van der Waals surface area contributed by atoms with Crippen LogP contribution in [-0.2, 0) is 0 Å². The molecule has 2 heterocycles. The fraction of sp³-hybridized carbons (Fsp3) is 0.474. The van der Waals surface area contributed by atoms with Gasteiger partial charge in [-0.1, -0.05) is 25.5 Å². The summed E-state index contributed by atoms with van der Waals surface area (Å²) in [6, 6.07) is 12.9. The molecular weight excluding hydrogens is 304 g/mol. The van der Waals surface area contributed by atoms with Crippen molar-refractivity contribution in [2.75, 3.05) is 31.1 Å². The average molecular weight is 330 g/mol. The zero-order valence-electron chi connectivity index (χ0n) is 13.8. The highest BCUT2D eigenvalue weighted by Gasteiger charge is 2.16. The van der Waals surface area contributed by atoms with Crippen molar-refractivity contribution in [2.45, 2.75) is 32.3 Å². The Hall–Kier alpha value is -1.52. The minimum absolute atomic E-state index is 0.174. The number of nitrogens with one attached hydrogen (secondary N) is 1. The molecule has 1 atom stereocenters. The largest absolute Gasteiger partial charge is 0.485 e. The Labute approximate surface area is 143 Å². The Bertz CT molecular complexity index is 579. The molecule has 1 aromatic heterocycles. The first-order valence-corrected chi connectivity index (χ1v) is 9.50. The Morgan fingerprint density at radius 2 is 2.09 bits per heavy atom. The molecule has 3 nitrogen and oxygen atoms in total. The molecule has 3 rings (SSSR count). The lowest BCUT2D eigenvalue weighted by atomic mass is 10.1. The molecule has 23 heavy (non-hydrogen) atoms. The van der Waals surface area contributed by atoms with Crippen LogP contribution in [0.3, 0.4) is 0 Å². The lowest BCUT2D eigenvalue weighted by Gasteiger charge is -2.30. The van der Waals surface area contributed by atoms with Gasteiger partial charge in [-0.25, -0.2) is 0 Å². The number of piperazine rings is 1. The first-order valence-electron chi connectivity index (χ1n) is 8.62. The number of ether oxygens (including phenoxy) is 1. The van der Waals surface area contributed by atoms with E-state index >= 15 is 0 Å². The van der Waals surface area contributed by atoms with Crippen LogP contribution in [0.15, 0.2) is 41.8 Å². The van der Waals surface area contributed by atoms with Crippen molar-refractivity contribution in [3.05, 3.63) is 46.7 Å². The topological polar surface area (TPSA) is 24.5 Å². The molecule has 0 aliphatic carbocycles. The number of rotatable bonds is 7. The van der Waals surface area contributed by atoms with Crippen LogP contribution < -0.4 is 15.0 Å². The molecule has 0 amide bonds. The van der Waals surface area contributed by atoms with Gasteiger partial charge in [0, 0.05) is 42.8 Å². The molecular formula is C19H26N2OS. The predicted molar refractivity (Wildman–Crippen MR) is 98.7 cm³/mol. The molecule has 1 N–H and O–H groups in total. The van der Waals surface area contributed by atoms with Gasteiger partial charge in [0.15, 0.2) is 0 Å². The Kier molecular flexibility index (Phi) is 5.94. The molecule has 1 unspecified atom stereocenters. The molecule has 0 spiro atoms. The zero-order chi connectivity index (χ0) is 15.9. The van der Waals surface area contributed by atoms with Crippen molar-refractivity contribution in [1.82, 2.24) is 5.32 Å². The van der Waals surface area contributed by atoms with Gasteiger partial charge in [0.05, 0.1) is 0 Å². The number of unbranched alkanes of at least 4 members (excludes halogenated alkanes) is 1. The number of hydrogen-bond acceptors (Lipinski definition) is 4. The molecule has 4 heteroatoms. The van der Waals surface area contributed by atoms with E-state index in [9.17, 15) is 0 Å². The SMILES string of the molecule is CCCCC(Oc1cccc(N2CCNCC2)c1)c1cccs1. The Balaban J connectivity index is 1.72. The minimum Gasteiger partial charge on any atom is -0.485 e. The van der Waals surface area contributed by atoms with Crippen LogP contribution in [0.25, 0.3) is 0 Å². The second kappa shape index (κ2) is 8.37. The molecule has 1 saturated heterocycles. The van der Waals surface area contributed by atoms with E-state index in [1.54, 1.807) is 11.3 Å². The molecule has 1 aliphatic rings. The van der Waals surface area contributed by atoms with Crippen LogP contribution in [0.5, 0.6) is 5.75 Å². The first kappa shape index (κ1) is 16.3.